The number of para-hydroxylation sites is 1. The van der Waals surface area contributed by atoms with E-state index in [1.54, 1.807) is 33.7 Å². The topological polar surface area (TPSA) is 82.5 Å². The third-order valence-electron chi connectivity index (χ3n) is 4.39. The van der Waals surface area contributed by atoms with Gasteiger partial charge in [-0.15, -0.1) is 10.2 Å². The van der Waals surface area contributed by atoms with Gasteiger partial charge in [0.05, 0.1) is 23.5 Å². The molecule has 5 rings (SSSR count). The van der Waals surface area contributed by atoms with Gasteiger partial charge in [0.25, 0.3) is 0 Å². The Labute approximate surface area is 163 Å². The largest absolute Gasteiger partial charge is 0.388 e. The molecule has 0 N–H and O–H groups in total. The Balaban J connectivity index is 1.39. The van der Waals surface area contributed by atoms with Crippen molar-refractivity contribution >= 4 is 22.9 Å². The van der Waals surface area contributed by atoms with Crippen LogP contribution in [0.2, 0.25) is 0 Å². The number of benzene rings is 2. The Morgan fingerprint density at radius 1 is 1.00 bits per heavy atom. The average molecular weight is 387 g/mol. The molecular formula is C20H14FN7O. The second kappa shape index (κ2) is 7.12. The van der Waals surface area contributed by atoms with Crippen molar-refractivity contribution in [1.29, 1.82) is 0 Å². The van der Waals surface area contributed by atoms with Gasteiger partial charge in [-0.25, -0.2) is 14.1 Å². The summed E-state index contributed by atoms with van der Waals surface area (Å²) in [6, 6.07) is 15.7. The highest BCUT2D eigenvalue weighted by Gasteiger charge is 2.14. The Kier molecular flexibility index (Phi) is 4.17. The molecule has 0 saturated heterocycles. The summed E-state index contributed by atoms with van der Waals surface area (Å²) in [5.74, 6) is 0.255. The van der Waals surface area contributed by atoms with E-state index in [2.05, 4.69) is 25.4 Å². The van der Waals surface area contributed by atoms with Gasteiger partial charge in [-0.05, 0) is 29.8 Å². The third kappa shape index (κ3) is 3.18. The Morgan fingerprint density at radius 3 is 2.66 bits per heavy atom. The lowest BCUT2D eigenvalue weighted by Gasteiger charge is -2.03. The summed E-state index contributed by atoms with van der Waals surface area (Å²) < 4.78 is 16.4. The van der Waals surface area contributed by atoms with E-state index >= 15 is 0 Å². The predicted molar refractivity (Wildman–Crippen MR) is 104 cm³/mol. The number of hydrogen-bond acceptors (Lipinski definition) is 6. The summed E-state index contributed by atoms with van der Waals surface area (Å²) in [5, 5.41) is 17.5. The zero-order valence-corrected chi connectivity index (χ0v) is 15.1. The fraction of sp³-hybridized carbons (Fsp3) is 0.0500. The van der Waals surface area contributed by atoms with Crippen molar-refractivity contribution in [1.82, 2.24) is 29.4 Å². The van der Waals surface area contributed by atoms with E-state index in [-0.39, 0.29) is 12.4 Å². The van der Waals surface area contributed by atoms with Crippen LogP contribution in [0, 0.1) is 5.82 Å². The second-order valence-electron chi connectivity index (χ2n) is 6.24. The molecule has 0 spiro atoms. The Morgan fingerprint density at radius 2 is 1.83 bits per heavy atom. The lowest BCUT2D eigenvalue weighted by molar-refractivity contribution is 0.125. The van der Waals surface area contributed by atoms with Gasteiger partial charge < -0.3 is 4.84 Å². The predicted octanol–water partition coefficient (Wildman–Crippen LogP) is 3.15. The van der Waals surface area contributed by atoms with Crippen molar-refractivity contribution in [2.45, 2.75) is 6.61 Å². The fourth-order valence-electron chi connectivity index (χ4n) is 2.96. The van der Waals surface area contributed by atoms with E-state index in [1.165, 1.54) is 18.3 Å². The Hall–Kier alpha value is -4.14. The van der Waals surface area contributed by atoms with Crippen LogP contribution in [0.15, 0.2) is 72.3 Å². The van der Waals surface area contributed by atoms with Crippen molar-refractivity contribution in [2.24, 2.45) is 5.16 Å². The van der Waals surface area contributed by atoms with E-state index in [1.807, 2.05) is 30.3 Å². The van der Waals surface area contributed by atoms with Crippen molar-refractivity contribution < 1.29 is 9.23 Å². The maximum absolute atomic E-state index is 12.9. The maximum atomic E-state index is 12.9. The molecular weight excluding hydrogens is 373 g/mol. The van der Waals surface area contributed by atoms with E-state index in [0.29, 0.717) is 17.1 Å². The summed E-state index contributed by atoms with van der Waals surface area (Å²) in [5.41, 5.74) is 2.97. The van der Waals surface area contributed by atoms with Crippen LogP contribution in [-0.4, -0.2) is 35.6 Å². The number of halogens is 1. The molecule has 0 aliphatic rings. The van der Waals surface area contributed by atoms with Gasteiger partial charge in [0.1, 0.15) is 12.1 Å². The first-order valence-corrected chi connectivity index (χ1v) is 8.82. The summed E-state index contributed by atoms with van der Waals surface area (Å²) in [6.07, 6.45) is 4.86. The first kappa shape index (κ1) is 17.0. The molecule has 3 aromatic heterocycles. The summed E-state index contributed by atoms with van der Waals surface area (Å²) in [4.78, 5) is 9.83. The molecule has 29 heavy (non-hydrogen) atoms. The number of fused-ring (bicyclic) bond motifs is 3. The van der Waals surface area contributed by atoms with Gasteiger partial charge in [0, 0.05) is 0 Å². The van der Waals surface area contributed by atoms with Crippen molar-refractivity contribution in [3.05, 3.63) is 84.3 Å². The molecule has 0 aliphatic heterocycles. The van der Waals surface area contributed by atoms with Crippen molar-refractivity contribution in [3.63, 3.8) is 0 Å². The zero-order valence-electron chi connectivity index (χ0n) is 15.1. The normalized spacial score (nSPS) is 11.6. The molecule has 8 nitrogen and oxygen atoms in total. The number of rotatable bonds is 5. The zero-order chi connectivity index (χ0) is 19.6. The summed E-state index contributed by atoms with van der Waals surface area (Å²) >= 11 is 0. The van der Waals surface area contributed by atoms with Crippen LogP contribution < -0.4 is 0 Å². The van der Waals surface area contributed by atoms with Crippen molar-refractivity contribution in [3.8, 4) is 5.69 Å². The molecule has 0 fully saturated rings. The summed E-state index contributed by atoms with van der Waals surface area (Å²) in [6.45, 7) is 0.110. The number of aromatic nitrogens is 6. The van der Waals surface area contributed by atoms with Crippen molar-refractivity contribution in [2.75, 3.05) is 0 Å². The minimum absolute atomic E-state index is 0.110. The first-order chi connectivity index (χ1) is 14.3. The molecule has 0 amide bonds. The van der Waals surface area contributed by atoms with Gasteiger partial charge in [0.15, 0.2) is 23.7 Å². The fourth-order valence-corrected chi connectivity index (χ4v) is 2.96. The maximum Gasteiger partial charge on any atom is 0.179 e. The van der Waals surface area contributed by atoms with E-state index in [0.717, 1.165) is 16.6 Å². The minimum atomic E-state index is -0.299. The third-order valence-corrected chi connectivity index (χ3v) is 4.39. The highest BCUT2D eigenvalue weighted by atomic mass is 19.1. The molecule has 0 bridgehead atoms. The van der Waals surface area contributed by atoms with Crippen LogP contribution >= 0.6 is 0 Å². The minimum Gasteiger partial charge on any atom is -0.388 e. The monoisotopic (exact) mass is 387 g/mol. The molecule has 0 saturated carbocycles. The van der Waals surface area contributed by atoms with Gasteiger partial charge in [0.2, 0.25) is 0 Å². The molecule has 0 radical (unpaired) electrons. The number of oxime groups is 1. The molecule has 0 atom stereocenters. The highest BCUT2D eigenvalue weighted by Crippen LogP contribution is 2.20. The Bertz CT molecular complexity index is 1310. The summed E-state index contributed by atoms with van der Waals surface area (Å²) in [7, 11) is 0. The molecule has 0 unspecified atom stereocenters. The molecule has 142 valence electrons. The van der Waals surface area contributed by atoms with Gasteiger partial charge in [-0.3, -0.25) is 4.40 Å². The molecule has 3 heterocycles. The number of nitrogens with zero attached hydrogens (tertiary/aromatic N) is 7. The molecule has 5 aromatic rings. The van der Waals surface area contributed by atoms with Crippen LogP contribution in [0.4, 0.5) is 4.39 Å². The van der Waals surface area contributed by atoms with E-state index < -0.39 is 0 Å². The highest BCUT2D eigenvalue weighted by molar-refractivity contribution is 5.89. The van der Waals surface area contributed by atoms with Crippen LogP contribution in [0.1, 0.15) is 11.4 Å². The van der Waals surface area contributed by atoms with Crippen LogP contribution in [0.5, 0.6) is 0 Å². The van der Waals surface area contributed by atoms with Crippen LogP contribution in [0.3, 0.4) is 0 Å². The average Bonchev–Trinajstić information content (AvgIpc) is 3.37. The SMILES string of the molecule is Fc1ccc(C=NOCc2nnc3c4cnn(-c5ccccc5)c4ncn23)cc1. The van der Waals surface area contributed by atoms with E-state index in [4.69, 9.17) is 4.84 Å². The lowest BCUT2D eigenvalue weighted by Crippen LogP contribution is -2.00. The van der Waals surface area contributed by atoms with Crippen LogP contribution in [0.25, 0.3) is 22.4 Å². The van der Waals surface area contributed by atoms with Gasteiger partial charge in [-0.1, -0.05) is 35.5 Å². The van der Waals surface area contributed by atoms with E-state index in [9.17, 15) is 4.39 Å². The first-order valence-electron chi connectivity index (χ1n) is 8.82. The molecule has 2 aromatic carbocycles. The smallest absolute Gasteiger partial charge is 0.179 e. The lowest BCUT2D eigenvalue weighted by atomic mass is 10.2. The van der Waals surface area contributed by atoms with Crippen LogP contribution in [-0.2, 0) is 11.4 Å². The number of hydrogen-bond donors (Lipinski definition) is 0. The van der Waals surface area contributed by atoms with Gasteiger partial charge >= 0.3 is 0 Å². The quantitative estimate of drug-likeness (QED) is 0.342. The standard InChI is InChI=1S/C20H14FN7O/c21-15-8-6-14(7-9-15)10-24-29-12-18-25-26-20-17-11-23-28(16-4-2-1-3-5-16)19(17)22-13-27(18)20/h1-11,13H,12H2. The van der Waals surface area contributed by atoms with Gasteiger partial charge in [-0.2, -0.15) is 5.10 Å². The molecule has 0 aliphatic carbocycles. The second-order valence-corrected chi connectivity index (χ2v) is 6.24. The molecule has 9 heteroatoms.